The fraction of sp³-hybridized carbons (Fsp3) is 0.465. The van der Waals surface area contributed by atoms with E-state index < -0.39 is 35.6 Å². The lowest BCUT2D eigenvalue weighted by Crippen LogP contribution is -2.53. The van der Waals surface area contributed by atoms with Gasteiger partial charge in [0.25, 0.3) is 0 Å². The quantitative estimate of drug-likeness (QED) is 0.0696. The summed E-state index contributed by atoms with van der Waals surface area (Å²) in [4.78, 5) is 66.5. The van der Waals surface area contributed by atoms with Gasteiger partial charge in [-0.05, 0) is 94.2 Å². The van der Waals surface area contributed by atoms with Gasteiger partial charge in [-0.2, -0.15) is 0 Å². The van der Waals surface area contributed by atoms with Gasteiger partial charge in [-0.1, -0.05) is 73.2 Å². The van der Waals surface area contributed by atoms with E-state index in [1.54, 1.807) is 25.7 Å². The second-order valence-corrected chi connectivity index (χ2v) is 14.8. The summed E-state index contributed by atoms with van der Waals surface area (Å²) in [6.07, 6.45) is 1.88. The third-order valence-electron chi connectivity index (χ3n) is 9.03. The Morgan fingerprint density at radius 2 is 1.45 bits per heavy atom. The smallest absolute Gasteiger partial charge is 0.409 e. The van der Waals surface area contributed by atoms with Crippen LogP contribution in [0.2, 0.25) is 0 Å². The van der Waals surface area contributed by atoms with Crippen molar-refractivity contribution in [1.29, 1.82) is 0 Å². The van der Waals surface area contributed by atoms with E-state index in [1.807, 2.05) is 85.8 Å². The normalized spacial score (nSPS) is 13.3. The molecule has 0 aliphatic carbocycles. The molecule has 1 aliphatic rings. The molecule has 3 aromatic rings. The van der Waals surface area contributed by atoms with Crippen molar-refractivity contribution in [1.82, 2.24) is 20.9 Å². The molecule has 56 heavy (non-hydrogen) atoms. The van der Waals surface area contributed by atoms with Crippen LogP contribution in [0.25, 0.3) is 0 Å². The molecular formula is C43H56N4O9. The molecule has 0 saturated carbocycles. The Balaban J connectivity index is 1.39. The predicted molar refractivity (Wildman–Crippen MR) is 211 cm³/mol. The Labute approximate surface area is 329 Å². The largest absolute Gasteiger partial charge is 0.490 e. The SMILES string of the molecule is Cc1ccc(OCCOC(=O)N2CCC2)cc1CNC(=O)[C@H](CCc1ccccc1)NC(=O)[C@H](CCCCC(=O)OC(C)(C)C)NC(=O)OCc1ccccc1. The van der Waals surface area contributed by atoms with Crippen molar-refractivity contribution in [3.8, 4) is 5.75 Å². The average Bonchev–Trinajstić information content (AvgIpc) is 3.14. The van der Waals surface area contributed by atoms with E-state index in [2.05, 4.69) is 16.0 Å². The molecule has 3 aromatic carbocycles. The van der Waals surface area contributed by atoms with Crippen LogP contribution in [0.15, 0.2) is 78.9 Å². The third kappa shape index (κ3) is 15.6. The van der Waals surface area contributed by atoms with Gasteiger partial charge in [0.2, 0.25) is 11.8 Å². The number of alkyl carbamates (subject to hydrolysis) is 1. The molecule has 13 heteroatoms. The van der Waals surface area contributed by atoms with Crippen molar-refractivity contribution < 1.29 is 42.9 Å². The molecule has 1 fully saturated rings. The van der Waals surface area contributed by atoms with Crippen molar-refractivity contribution >= 4 is 30.0 Å². The highest BCUT2D eigenvalue weighted by Gasteiger charge is 2.28. The van der Waals surface area contributed by atoms with Crippen molar-refractivity contribution in [3.05, 3.63) is 101 Å². The Morgan fingerprint density at radius 1 is 0.768 bits per heavy atom. The number of carbonyl (C=O) groups is 5. The molecule has 0 spiro atoms. The van der Waals surface area contributed by atoms with E-state index in [-0.39, 0.29) is 51.3 Å². The molecule has 13 nitrogen and oxygen atoms in total. The molecule has 0 aromatic heterocycles. The van der Waals surface area contributed by atoms with Crippen LogP contribution in [0.4, 0.5) is 9.59 Å². The monoisotopic (exact) mass is 772 g/mol. The van der Waals surface area contributed by atoms with Gasteiger partial charge in [-0.3, -0.25) is 14.4 Å². The van der Waals surface area contributed by atoms with Gasteiger partial charge in [0, 0.05) is 26.1 Å². The molecule has 1 aliphatic heterocycles. The van der Waals surface area contributed by atoms with Crippen LogP contribution in [0.5, 0.6) is 5.75 Å². The number of amides is 4. The van der Waals surface area contributed by atoms with Gasteiger partial charge >= 0.3 is 18.2 Å². The predicted octanol–water partition coefficient (Wildman–Crippen LogP) is 6.15. The summed E-state index contributed by atoms with van der Waals surface area (Å²) in [7, 11) is 0. The minimum atomic E-state index is -1.04. The first-order chi connectivity index (χ1) is 26.9. The summed E-state index contributed by atoms with van der Waals surface area (Å²) in [5, 5.41) is 8.53. The Hall–Kier alpha value is -5.59. The van der Waals surface area contributed by atoms with E-state index in [4.69, 9.17) is 18.9 Å². The van der Waals surface area contributed by atoms with Crippen LogP contribution < -0.4 is 20.7 Å². The lowest BCUT2D eigenvalue weighted by Gasteiger charge is -2.29. The summed E-state index contributed by atoms with van der Waals surface area (Å²) < 4.78 is 21.9. The second-order valence-electron chi connectivity index (χ2n) is 14.8. The molecule has 1 saturated heterocycles. The minimum Gasteiger partial charge on any atom is -0.490 e. The average molecular weight is 773 g/mol. The Kier molecular flexibility index (Phi) is 17.0. The van der Waals surface area contributed by atoms with Crippen molar-refractivity contribution in [2.24, 2.45) is 0 Å². The van der Waals surface area contributed by atoms with E-state index in [9.17, 15) is 24.0 Å². The first kappa shape index (κ1) is 43.1. The second kappa shape index (κ2) is 22.1. The lowest BCUT2D eigenvalue weighted by molar-refractivity contribution is -0.154. The molecule has 0 bridgehead atoms. The highest BCUT2D eigenvalue weighted by molar-refractivity contribution is 5.91. The zero-order valence-electron chi connectivity index (χ0n) is 33.0. The molecule has 4 rings (SSSR count). The Bertz CT molecular complexity index is 1730. The number of aryl methyl sites for hydroxylation is 2. The third-order valence-corrected chi connectivity index (χ3v) is 9.03. The van der Waals surface area contributed by atoms with Crippen molar-refractivity contribution in [2.45, 2.75) is 103 Å². The van der Waals surface area contributed by atoms with Crippen LogP contribution >= 0.6 is 0 Å². The number of carbonyl (C=O) groups excluding carboxylic acids is 5. The molecular weight excluding hydrogens is 716 g/mol. The molecule has 0 radical (unpaired) electrons. The van der Waals surface area contributed by atoms with E-state index in [0.717, 1.165) is 28.7 Å². The summed E-state index contributed by atoms with van der Waals surface area (Å²) >= 11 is 0. The maximum Gasteiger partial charge on any atom is 0.409 e. The molecule has 1 heterocycles. The number of likely N-dealkylation sites (tertiary alicyclic amines) is 1. The number of unbranched alkanes of at least 4 members (excludes halogenated alkanes) is 1. The summed E-state index contributed by atoms with van der Waals surface area (Å²) in [6, 6.07) is 22.4. The number of benzene rings is 3. The molecule has 0 unspecified atom stereocenters. The maximum absolute atomic E-state index is 13.9. The van der Waals surface area contributed by atoms with Gasteiger partial charge in [0.1, 0.15) is 43.3 Å². The summed E-state index contributed by atoms with van der Waals surface area (Å²) in [5.41, 5.74) is 2.91. The molecule has 2 atom stereocenters. The van der Waals surface area contributed by atoms with E-state index >= 15 is 0 Å². The number of nitrogens with zero attached hydrogens (tertiary/aromatic N) is 1. The topological polar surface area (TPSA) is 162 Å². The zero-order chi connectivity index (χ0) is 40.3. The number of hydrogen-bond acceptors (Lipinski definition) is 9. The summed E-state index contributed by atoms with van der Waals surface area (Å²) in [6.45, 7) is 9.21. The van der Waals surface area contributed by atoms with Gasteiger partial charge in [0.05, 0.1) is 0 Å². The molecule has 3 N–H and O–H groups in total. The Morgan fingerprint density at radius 3 is 2.11 bits per heavy atom. The highest BCUT2D eigenvalue weighted by atomic mass is 16.6. The van der Waals surface area contributed by atoms with Crippen molar-refractivity contribution in [2.75, 3.05) is 26.3 Å². The molecule has 302 valence electrons. The molecule has 4 amide bonds. The van der Waals surface area contributed by atoms with Crippen LogP contribution in [0.3, 0.4) is 0 Å². The van der Waals surface area contributed by atoms with Gasteiger partial charge in [-0.15, -0.1) is 0 Å². The van der Waals surface area contributed by atoms with E-state index in [1.165, 1.54) is 0 Å². The van der Waals surface area contributed by atoms with Gasteiger partial charge < -0.3 is 39.8 Å². The lowest BCUT2D eigenvalue weighted by atomic mass is 10.0. The highest BCUT2D eigenvalue weighted by Crippen LogP contribution is 2.18. The first-order valence-electron chi connectivity index (χ1n) is 19.3. The number of esters is 1. The number of ether oxygens (including phenoxy) is 4. The fourth-order valence-corrected chi connectivity index (χ4v) is 5.80. The fourth-order valence-electron chi connectivity index (χ4n) is 5.80. The van der Waals surface area contributed by atoms with Gasteiger partial charge in [0.15, 0.2) is 0 Å². The zero-order valence-corrected chi connectivity index (χ0v) is 33.0. The standard InChI is InChI=1S/C43H56N4O9/c1-31-20-22-35(53-26-27-54-42(52)47-24-13-25-47)28-34(31)29-44-39(49)37(23-21-32-14-7-5-8-15-32)45-40(50)36(18-11-12-19-38(48)56-43(2,3)4)46-41(51)55-30-33-16-9-6-10-17-33/h5-10,14-17,20,22,28,36-37H,11-13,18-19,21,23-27,29-30H2,1-4H3,(H,44,49)(H,45,50)(H,46,51)/t36-,37-/m0/s1. The maximum atomic E-state index is 13.9. The van der Waals surface area contributed by atoms with Crippen molar-refractivity contribution in [3.63, 3.8) is 0 Å². The first-order valence-corrected chi connectivity index (χ1v) is 19.3. The number of hydrogen-bond donors (Lipinski definition) is 3. The van der Waals surface area contributed by atoms with Crippen LogP contribution in [-0.2, 0) is 48.2 Å². The van der Waals surface area contributed by atoms with E-state index in [0.29, 0.717) is 44.5 Å². The van der Waals surface area contributed by atoms with Crippen LogP contribution in [0.1, 0.15) is 81.5 Å². The number of rotatable bonds is 20. The van der Waals surface area contributed by atoms with Gasteiger partial charge in [-0.25, -0.2) is 9.59 Å². The number of nitrogens with one attached hydrogen (secondary N) is 3. The summed E-state index contributed by atoms with van der Waals surface area (Å²) in [5.74, 6) is -0.725. The van der Waals surface area contributed by atoms with Crippen LogP contribution in [0, 0.1) is 6.92 Å². The van der Waals surface area contributed by atoms with Crippen LogP contribution in [-0.4, -0.2) is 78.9 Å². The minimum absolute atomic E-state index is 0.0135.